The van der Waals surface area contributed by atoms with Gasteiger partial charge in [0.15, 0.2) is 5.65 Å². The van der Waals surface area contributed by atoms with Gasteiger partial charge < -0.3 is 10.6 Å². The Bertz CT molecular complexity index is 1180. The molecule has 0 radical (unpaired) electrons. The maximum atomic E-state index is 12.4. The fraction of sp³-hybridized carbons (Fsp3) is 0.478. The number of nitrogens with zero attached hydrogens (tertiary/aromatic N) is 4. The predicted molar refractivity (Wildman–Crippen MR) is 128 cm³/mol. The molecule has 172 valence electrons. The maximum absolute atomic E-state index is 12.4. The molecule has 0 unspecified atom stereocenters. The van der Waals surface area contributed by atoms with E-state index in [0.29, 0.717) is 12.0 Å². The van der Waals surface area contributed by atoms with Crippen molar-refractivity contribution in [1.82, 2.24) is 18.9 Å². The van der Waals surface area contributed by atoms with Crippen LogP contribution in [0.5, 0.6) is 0 Å². The lowest BCUT2D eigenvalue weighted by Gasteiger charge is -2.23. The summed E-state index contributed by atoms with van der Waals surface area (Å²) in [4.78, 5) is 5.14. The lowest BCUT2D eigenvalue weighted by atomic mass is 9.95. The third-order valence-electron chi connectivity index (χ3n) is 5.98. The molecule has 3 aromatic rings. The molecule has 1 saturated carbocycles. The standard InChI is InChI=1S/C23H32N6O2S/c1-16(2)20-15-24-29-22(14-21(27-23(20)29)25-17-8-6-5-7-9-17)26-18-10-12-19(13-11-18)32(30,31)28(3)4/h10-17,26H,5-9H2,1-4H3,(H,25,27). The van der Waals surface area contributed by atoms with Crippen LogP contribution in [0.2, 0.25) is 0 Å². The van der Waals surface area contributed by atoms with Crippen LogP contribution >= 0.6 is 0 Å². The van der Waals surface area contributed by atoms with Crippen molar-refractivity contribution in [3.8, 4) is 0 Å². The van der Waals surface area contributed by atoms with E-state index in [2.05, 4.69) is 29.6 Å². The Morgan fingerprint density at radius 2 is 1.78 bits per heavy atom. The topological polar surface area (TPSA) is 91.6 Å². The number of sulfonamides is 1. The fourth-order valence-corrected chi connectivity index (χ4v) is 4.98. The summed E-state index contributed by atoms with van der Waals surface area (Å²) >= 11 is 0. The molecule has 4 rings (SSSR count). The zero-order chi connectivity index (χ0) is 22.9. The van der Waals surface area contributed by atoms with Gasteiger partial charge in [-0.15, -0.1) is 0 Å². The molecule has 1 aliphatic rings. The molecule has 1 fully saturated rings. The van der Waals surface area contributed by atoms with Crippen LogP contribution in [0.25, 0.3) is 5.65 Å². The highest BCUT2D eigenvalue weighted by atomic mass is 32.2. The maximum Gasteiger partial charge on any atom is 0.242 e. The first-order chi connectivity index (χ1) is 15.3. The molecule has 32 heavy (non-hydrogen) atoms. The highest BCUT2D eigenvalue weighted by Gasteiger charge is 2.19. The summed E-state index contributed by atoms with van der Waals surface area (Å²) in [5, 5.41) is 11.6. The molecule has 0 saturated heterocycles. The number of anilines is 3. The summed E-state index contributed by atoms with van der Waals surface area (Å²) in [6.07, 6.45) is 7.99. The lowest BCUT2D eigenvalue weighted by molar-refractivity contribution is 0.462. The first-order valence-electron chi connectivity index (χ1n) is 11.2. The third kappa shape index (κ3) is 4.59. The molecule has 9 heteroatoms. The number of hydrogen-bond donors (Lipinski definition) is 2. The summed E-state index contributed by atoms with van der Waals surface area (Å²) in [5.74, 6) is 1.91. The summed E-state index contributed by atoms with van der Waals surface area (Å²) in [6.45, 7) is 4.27. The van der Waals surface area contributed by atoms with Gasteiger partial charge in [-0.3, -0.25) is 0 Å². The van der Waals surface area contributed by atoms with Crippen LogP contribution in [0.3, 0.4) is 0 Å². The van der Waals surface area contributed by atoms with Crippen molar-refractivity contribution in [2.24, 2.45) is 0 Å². The molecule has 0 aliphatic heterocycles. The van der Waals surface area contributed by atoms with E-state index in [9.17, 15) is 8.42 Å². The molecule has 8 nitrogen and oxygen atoms in total. The van der Waals surface area contributed by atoms with Gasteiger partial charge >= 0.3 is 0 Å². The van der Waals surface area contributed by atoms with Crippen LogP contribution in [-0.2, 0) is 10.0 Å². The van der Waals surface area contributed by atoms with Gasteiger partial charge in [-0.2, -0.15) is 9.61 Å². The van der Waals surface area contributed by atoms with Crippen LogP contribution in [0.15, 0.2) is 41.4 Å². The summed E-state index contributed by atoms with van der Waals surface area (Å²) in [6, 6.07) is 9.17. The molecule has 0 spiro atoms. The molecule has 1 aliphatic carbocycles. The van der Waals surface area contributed by atoms with Gasteiger partial charge in [0.05, 0.1) is 11.1 Å². The van der Waals surface area contributed by atoms with Crippen molar-refractivity contribution in [2.75, 3.05) is 24.7 Å². The van der Waals surface area contributed by atoms with Crippen LogP contribution in [-0.4, -0.2) is 47.5 Å². The molecule has 2 aromatic heterocycles. The molecular formula is C23H32N6O2S. The summed E-state index contributed by atoms with van der Waals surface area (Å²) in [5.41, 5.74) is 2.70. The van der Waals surface area contributed by atoms with E-state index in [0.717, 1.165) is 41.4 Å². The van der Waals surface area contributed by atoms with E-state index < -0.39 is 10.0 Å². The zero-order valence-corrected chi connectivity index (χ0v) is 20.0. The number of hydrogen-bond acceptors (Lipinski definition) is 6. The molecule has 0 amide bonds. The first-order valence-corrected chi connectivity index (χ1v) is 12.6. The van der Waals surface area contributed by atoms with E-state index in [-0.39, 0.29) is 4.90 Å². The van der Waals surface area contributed by atoms with Crippen LogP contribution in [0, 0.1) is 0 Å². The van der Waals surface area contributed by atoms with Gasteiger partial charge in [-0.05, 0) is 43.0 Å². The van der Waals surface area contributed by atoms with E-state index in [1.54, 1.807) is 24.3 Å². The van der Waals surface area contributed by atoms with Crippen LogP contribution < -0.4 is 10.6 Å². The van der Waals surface area contributed by atoms with Gasteiger partial charge in [0.2, 0.25) is 10.0 Å². The average Bonchev–Trinajstić information content (AvgIpc) is 3.19. The van der Waals surface area contributed by atoms with E-state index >= 15 is 0 Å². The SMILES string of the molecule is CC(C)c1cnn2c(Nc3ccc(S(=O)(=O)N(C)C)cc3)cc(NC3CCCCC3)nc12. The van der Waals surface area contributed by atoms with Gasteiger partial charge in [0.1, 0.15) is 11.6 Å². The highest BCUT2D eigenvalue weighted by molar-refractivity contribution is 7.89. The Morgan fingerprint density at radius 1 is 1.09 bits per heavy atom. The highest BCUT2D eigenvalue weighted by Crippen LogP contribution is 2.28. The van der Waals surface area contributed by atoms with E-state index in [4.69, 9.17) is 4.98 Å². The molecular weight excluding hydrogens is 424 g/mol. The smallest absolute Gasteiger partial charge is 0.242 e. The minimum absolute atomic E-state index is 0.258. The number of aromatic nitrogens is 3. The molecule has 1 aromatic carbocycles. The third-order valence-corrected chi connectivity index (χ3v) is 7.81. The quantitative estimate of drug-likeness (QED) is 0.540. The van der Waals surface area contributed by atoms with Gasteiger partial charge in [0, 0.05) is 37.5 Å². The normalized spacial score (nSPS) is 15.6. The fourth-order valence-electron chi connectivity index (χ4n) is 4.08. The van der Waals surface area contributed by atoms with Gasteiger partial charge in [-0.1, -0.05) is 33.1 Å². The van der Waals surface area contributed by atoms with E-state index in [1.807, 2.05) is 16.8 Å². The minimum atomic E-state index is -3.46. The lowest BCUT2D eigenvalue weighted by Crippen LogP contribution is -2.23. The van der Waals surface area contributed by atoms with Crippen molar-refractivity contribution in [1.29, 1.82) is 0 Å². The number of fused-ring (bicyclic) bond motifs is 1. The number of benzene rings is 1. The Hall–Kier alpha value is -2.65. The predicted octanol–water partition coefficient (Wildman–Crippen LogP) is 4.59. The van der Waals surface area contributed by atoms with Crippen molar-refractivity contribution >= 4 is 33.0 Å². The summed E-state index contributed by atoms with van der Waals surface area (Å²) in [7, 11) is -0.407. The molecule has 0 atom stereocenters. The Morgan fingerprint density at radius 3 is 2.41 bits per heavy atom. The second kappa shape index (κ2) is 9.07. The number of rotatable bonds is 7. The first kappa shape index (κ1) is 22.5. The zero-order valence-electron chi connectivity index (χ0n) is 19.2. The Balaban J connectivity index is 1.67. The van der Waals surface area contributed by atoms with Crippen molar-refractivity contribution in [2.45, 2.75) is 62.8 Å². The van der Waals surface area contributed by atoms with E-state index in [1.165, 1.54) is 37.7 Å². The summed E-state index contributed by atoms with van der Waals surface area (Å²) < 4.78 is 27.7. The molecule has 2 N–H and O–H groups in total. The monoisotopic (exact) mass is 456 g/mol. The van der Waals surface area contributed by atoms with Crippen molar-refractivity contribution in [3.05, 3.63) is 42.1 Å². The second-order valence-electron chi connectivity index (χ2n) is 8.93. The molecule has 2 heterocycles. The number of nitrogens with one attached hydrogen (secondary N) is 2. The second-order valence-corrected chi connectivity index (χ2v) is 11.1. The van der Waals surface area contributed by atoms with Gasteiger partial charge in [0.25, 0.3) is 0 Å². The van der Waals surface area contributed by atoms with Crippen LogP contribution in [0.1, 0.15) is 57.4 Å². The van der Waals surface area contributed by atoms with Gasteiger partial charge in [-0.25, -0.2) is 17.7 Å². The molecule has 0 bridgehead atoms. The Kier molecular flexibility index (Phi) is 6.39. The average molecular weight is 457 g/mol. The minimum Gasteiger partial charge on any atom is -0.367 e. The van der Waals surface area contributed by atoms with Crippen molar-refractivity contribution in [3.63, 3.8) is 0 Å². The largest absolute Gasteiger partial charge is 0.367 e. The Labute approximate surface area is 190 Å². The van der Waals surface area contributed by atoms with Crippen molar-refractivity contribution < 1.29 is 8.42 Å². The van der Waals surface area contributed by atoms with Crippen LogP contribution in [0.4, 0.5) is 17.3 Å².